The van der Waals surface area contributed by atoms with Crippen molar-refractivity contribution in [1.82, 2.24) is 0 Å². The highest BCUT2D eigenvalue weighted by atomic mass is 33.1. The van der Waals surface area contributed by atoms with E-state index in [0.717, 1.165) is 77.0 Å². The van der Waals surface area contributed by atoms with E-state index in [1.54, 1.807) is 0 Å². The first-order chi connectivity index (χ1) is 22.4. The van der Waals surface area contributed by atoms with Crippen LogP contribution in [0.3, 0.4) is 0 Å². The Morgan fingerprint density at radius 2 is 0.646 bits per heavy atom. The molecule has 0 aromatic rings. The van der Waals surface area contributed by atoms with Gasteiger partial charge in [-0.3, -0.25) is 38.4 Å². The summed E-state index contributed by atoms with van der Waals surface area (Å²) >= 11 is 0. The molecule has 0 bridgehead atoms. The third kappa shape index (κ3) is 12.8. The summed E-state index contributed by atoms with van der Waals surface area (Å²) in [7, 11) is 1.62. The molecule has 0 aromatic carbocycles. The second-order valence-electron chi connectivity index (χ2n) is 10.3. The van der Waals surface area contributed by atoms with E-state index in [9.17, 15) is 38.4 Å². The molecule has 2 aliphatic rings. The van der Waals surface area contributed by atoms with Gasteiger partial charge >= 0.3 is 47.8 Å². The predicted molar refractivity (Wildman–Crippen MR) is 159 cm³/mol. The van der Waals surface area contributed by atoms with Gasteiger partial charge in [-0.25, -0.2) is 0 Å². The molecule has 0 N–H and O–H groups in total. The zero-order chi connectivity index (χ0) is 36.3. The van der Waals surface area contributed by atoms with Gasteiger partial charge in [-0.05, 0) is 0 Å². The highest BCUT2D eigenvalue weighted by molar-refractivity contribution is 8.77. The normalized spacial score (nSPS) is 29.7. The van der Waals surface area contributed by atoms with Crippen LogP contribution in [0.15, 0.2) is 0 Å². The third-order valence-electron chi connectivity index (χ3n) is 6.14. The Kier molecular flexibility index (Phi) is 15.9. The van der Waals surface area contributed by atoms with Crippen LogP contribution in [-0.4, -0.2) is 121 Å². The van der Waals surface area contributed by atoms with Gasteiger partial charge in [0.25, 0.3) is 0 Å². The molecule has 270 valence electrons. The van der Waals surface area contributed by atoms with Gasteiger partial charge in [-0.1, -0.05) is 21.6 Å². The highest BCUT2D eigenvalue weighted by Crippen LogP contribution is 2.45. The summed E-state index contributed by atoms with van der Waals surface area (Å²) in [4.78, 5) is 96.1. The summed E-state index contributed by atoms with van der Waals surface area (Å²) in [5, 5.41) is 0. The van der Waals surface area contributed by atoms with Gasteiger partial charge < -0.3 is 47.4 Å². The SMILES string of the molecule is CC(=O)OCC1OC(SSC2OC(COC(C)=O)C(OC(C)=O)C(OC(C)=O)C2OC(C)=O)C(OC(C)=O)C(OC(C)=O)C1OC(C)=O. The maximum Gasteiger partial charge on any atom is 0.303 e. The maximum absolute atomic E-state index is 12.2. The summed E-state index contributed by atoms with van der Waals surface area (Å²) in [6, 6.07) is 0. The summed E-state index contributed by atoms with van der Waals surface area (Å²) in [5.41, 5.74) is -2.55. The topological polar surface area (TPSA) is 229 Å². The molecule has 2 saturated heterocycles. The Hall–Kier alpha value is -3.62. The van der Waals surface area contributed by atoms with E-state index in [1.165, 1.54) is 0 Å². The smallest absolute Gasteiger partial charge is 0.303 e. The lowest BCUT2D eigenvalue weighted by molar-refractivity contribution is -0.238. The number of hydrogen-bond acceptors (Lipinski definition) is 20. The Balaban J connectivity index is 2.57. The zero-order valence-electron chi connectivity index (χ0n) is 27.4. The first-order valence-electron chi connectivity index (χ1n) is 14.3. The molecule has 0 amide bonds. The molecule has 18 nitrogen and oxygen atoms in total. The monoisotopic (exact) mass is 726 g/mol. The summed E-state index contributed by atoms with van der Waals surface area (Å²) in [6.07, 6.45) is -11.1. The summed E-state index contributed by atoms with van der Waals surface area (Å²) < 4.78 is 54.9. The van der Waals surface area contributed by atoms with Gasteiger partial charge in [0.15, 0.2) is 47.5 Å². The number of esters is 8. The van der Waals surface area contributed by atoms with Crippen LogP contribution in [0.4, 0.5) is 0 Å². The van der Waals surface area contributed by atoms with Crippen molar-refractivity contribution in [1.29, 1.82) is 0 Å². The molecule has 10 unspecified atom stereocenters. The average molecular weight is 727 g/mol. The van der Waals surface area contributed by atoms with Crippen molar-refractivity contribution >= 4 is 69.3 Å². The molecule has 0 radical (unpaired) electrons. The number of carbonyl (C=O) groups is 8. The molecule has 0 aliphatic carbocycles. The van der Waals surface area contributed by atoms with Crippen molar-refractivity contribution < 1.29 is 85.7 Å². The number of rotatable bonds is 13. The van der Waals surface area contributed by atoms with Crippen LogP contribution in [0.5, 0.6) is 0 Å². The van der Waals surface area contributed by atoms with E-state index in [2.05, 4.69) is 0 Å². The average Bonchev–Trinajstić information content (AvgIpc) is 2.93. The van der Waals surface area contributed by atoms with Crippen molar-refractivity contribution in [3.05, 3.63) is 0 Å². The quantitative estimate of drug-likeness (QED) is 0.143. The van der Waals surface area contributed by atoms with Gasteiger partial charge in [0, 0.05) is 55.4 Å². The lowest BCUT2D eigenvalue weighted by atomic mass is 9.99. The molecular formula is C28H38O18S2. The minimum Gasteiger partial charge on any atom is -0.463 e. The first-order valence-corrected chi connectivity index (χ1v) is 16.6. The van der Waals surface area contributed by atoms with E-state index in [0.29, 0.717) is 0 Å². The molecule has 10 atom stereocenters. The Bertz CT molecular complexity index is 1130. The molecule has 2 fully saturated rings. The molecule has 48 heavy (non-hydrogen) atoms. The fourth-order valence-electron chi connectivity index (χ4n) is 4.64. The standard InChI is InChI=1S/C28H38O18S2/c1-11(29)37-9-19-21(39-13(3)31)23(41-15(5)33)25(43-17(7)35)27(45-19)47-48-28-26(44-18(8)36)24(42-16(6)34)22(40-14(4)32)20(46-28)10-38-12(2)30/h19-28H,9-10H2,1-8H3. The molecule has 20 heteroatoms. The van der Waals surface area contributed by atoms with Crippen LogP contribution in [0.25, 0.3) is 0 Å². The van der Waals surface area contributed by atoms with E-state index < -0.39 is 121 Å². The van der Waals surface area contributed by atoms with Gasteiger partial charge in [-0.15, -0.1) is 0 Å². The van der Waals surface area contributed by atoms with Crippen LogP contribution in [0, 0.1) is 0 Å². The highest BCUT2D eigenvalue weighted by Gasteiger charge is 2.55. The molecule has 0 saturated carbocycles. The van der Waals surface area contributed by atoms with Gasteiger partial charge in [-0.2, -0.15) is 0 Å². The van der Waals surface area contributed by atoms with E-state index in [-0.39, 0.29) is 0 Å². The predicted octanol–water partition coefficient (Wildman–Crippen LogP) is 0.534. The second kappa shape index (κ2) is 18.8. The first kappa shape index (κ1) is 40.6. The lowest BCUT2D eigenvalue weighted by Crippen LogP contribution is -2.62. The number of ether oxygens (including phenoxy) is 10. The van der Waals surface area contributed by atoms with Crippen LogP contribution >= 0.6 is 21.6 Å². The Morgan fingerprint density at radius 1 is 0.396 bits per heavy atom. The molecule has 2 aliphatic heterocycles. The van der Waals surface area contributed by atoms with Crippen LogP contribution < -0.4 is 0 Å². The molecule has 0 spiro atoms. The molecule has 2 rings (SSSR count). The van der Waals surface area contributed by atoms with Crippen LogP contribution in [-0.2, 0) is 85.7 Å². The van der Waals surface area contributed by atoms with Gasteiger partial charge in [0.05, 0.1) is 0 Å². The summed E-state index contributed by atoms with van der Waals surface area (Å²) in [5.74, 6) is -6.37. The zero-order valence-corrected chi connectivity index (χ0v) is 29.0. The van der Waals surface area contributed by atoms with Crippen molar-refractivity contribution in [2.75, 3.05) is 13.2 Å². The van der Waals surface area contributed by atoms with Crippen LogP contribution in [0.1, 0.15) is 55.4 Å². The van der Waals surface area contributed by atoms with Crippen molar-refractivity contribution in [3.8, 4) is 0 Å². The van der Waals surface area contributed by atoms with E-state index >= 15 is 0 Å². The lowest BCUT2D eigenvalue weighted by Gasteiger charge is -2.46. The van der Waals surface area contributed by atoms with E-state index in [4.69, 9.17) is 47.4 Å². The largest absolute Gasteiger partial charge is 0.463 e. The second-order valence-corrected chi connectivity index (χ2v) is 12.8. The van der Waals surface area contributed by atoms with Crippen LogP contribution in [0.2, 0.25) is 0 Å². The minimum absolute atomic E-state index is 0.474. The van der Waals surface area contributed by atoms with Crippen molar-refractivity contribution in [3.63, 3.8) is 0 Å². The Labute approximate surface area is 283 Å². The fourth-order valence-corrected chi connectivity index (χ4v) is 7.46. The van der Waals surface area contributed by atoms with Gasteiger partial charge in [0.2, 0.25) is 0 Å². The summed E-state index contributed by atoms with van der Waals surface area (Å²) in [6.45, 7) is 7.75. The third-order valence-corrected chi connectivity index (χ3v) is 8.86. The van der Waals surface area contributed by atoms with E-state index in [1.807, 2.05) is 0 Å². The van der Waals surface area contributed by atoms with Gasteiger partial charge in [0.1, 0.15) is 25.4 Å². The molecular weight excluding hydrogens is 688 g/mol. The minimum atomic E-state index is -1.46. The molecule has 0 aromatic heterocycles. The number of hydrogen-bond donors (Lipinski definition) is 0. The number of carbonyl (C=O) groups excluding carboxylic acids is 8. The maximum atomic E-state index is 12.2. The van der Waals surface area contributed by atoms with Crippen molar-refractivity contribution in [2.45, 2.75) is 115 Å². The molecule has 2 heterocycles. The Morgan fingerprint density at radius 3 is 0.896 bits per heavy atom. The van der Waals surface area contributed by atoms with Crippen molar-refractivity contribution in [2.24, 2.45) is 0 Å². The fraction of sp³-hybridized carbons (Fsp3) is 0.714.